The quantitative estimate of drug-likeness (QED) is 0.621. The highest BCUT2D eigenvalue weighted by Gasteiger charge is 2.43. The molecule has 15 heavy (non-hydrogen) atoms. The molecule has 84 valence electrons. The number of aliphatic hydroxyl groups is 1. The first-order valence-electron chi connectivity index (χ1n) is 4.85. The van der Waals surface area contributed by atoms with Crippen LogP contribution in [0.5, 0.6) is 0 Å². The topological polar surface area (TPSA) is 65.0 Å². The van der Waals surface area contributed by atoms with Crippen molar-refractivity contribution in [3.8, 4) is 0 Å². The number of aldehydes is 1. The fourth-order valence-corrected chi connectivity index (χ4v) is 1.75. The molecular formula is C10H14O5. The third kappa shape index (κ3) is 2.04. The van der Waals surface area contributed by atoms with Crippen molar-refractivity contribution in [2.75, 3.05) is 6.61 Å². The van der Waals surface area contributed by atoms with Crippen molar-refractivity contribution in [3.63, 3.8) is 0 Å². The lowest BCUT2D eigenvalue weighted by molar-refractivity contribution is -0.320. The molecule has 3 atom stereocenters. The molecular weight excluding hydrogens is 200 g/mol. The Morgan fingerprint density at radius 1 is 1.60 bits per heavy atom. The van der Waals surface area contributed by atoms with Gasteiger partial charge in [0.25, 0.3) is 0 Å². The van der Waals surface area contributed by atoms with Gasteiger partial charge >= 0.3 is 0 Å². The summed E-state index contributed by atoms with van der Waals surface area (Å²) in [6, 6.07) is 0. The van der Waals surface area contributed by atoms with E-state index in [0.717, 1.165) is 0 Å². The molecule has 0 amide bonds. The number of hydrogen-bond acceptors (Lipinski definition) is 5. The van der Waals surface area contributed by atoms with Gasteiger partial charge in [-0.15, -0.1) is 0 Å². The molecule has 2 rings (SSSR count). The van der Waals surface area contributed by atoms with Gasteiger partial charge in [-0.3, -0.25) is 4.79 Å². The molecule has 0 aliphatic carbocycles. The summed E-state index contributed by atoms with van der Waals surface area (Å²) in [5, 5.41) is 9.74. The summed E-state index contributed by atoms with van der Waals surface area (Å²) in [5.74, 6) is -0.589. The molecule has 0 radical (unpaired) electrons. The van der Waals surface area contributed by atoms with Gasteiger partial charge in [0.15, 0.2) is 23.9 Å². The molecule has 2 aliphatic heterocycles. The monoisotopic (exact) mass is 214 g/mol. The molecule has 0 aromatic carbocycles. The summed E-state index contributed by atoms with van der Waals surface area (Å²) in [6.07, 6.45) is 0.206. The van der Waals surface area contributed by atoms with Gasteiger partial charge < -0.3 is 19.3 Å². The van der Waals surface area contributed by atoms with Crippen LogP contribution in [-0.4, -0.2) is 42.1 Å². The predicted octanol–water partition coefficient (Wildman–Crippen LogP) is -0.0196. The van der Waals surface area contributed by atoms with E-state index in [9.17, 15) is 9.90 Å². The fourth-order valence-electron chi connectivity index (χ4n) is 1.75. The Kier molecular flexibility index (Phi) is 2.54. The van der Waals surface area contributed by atoms with Crippen LogP contribution in [0.25, 0.3) is 0 Å². The molecule has 0 spiro atoms. The van der Waals surface area contributed by atoms with Crippen molar-refractivity contribution >= 4 is 6.29 Å². The maximum absolute atomic E-state index is 10.5. The summed E-state index contributed by atoms with van der Waals surface area (Å²) in [4.78, 5) is 10.5. The Morgan fingerprint density at radius 2 is 2.33 bits per heavy atom. The number of fused-ring (bicyclic) bond motifs is 1. The zero-order chi connectivity index (χ0) is 11.1. The van der Waals surface area contributed by atoms with E-state index < -0.39 is 24.1 Å². The third-order valence-electron chi connectivity index (χ3n) is 2.46. The Labute approximate surface area is 87.6 Å². The van der Waals surface area contributed by atoms with Crippen LogP contribution in [0.4, 0.5) is 0 Å². The lowest BCUT2D eigenvalue weighted by Gasteiger charge is -2.43. The minimum absolute atomic E-state index is 0.135. The first-order valence-corrected chi connectivity index (χ1v) is 4.85. The van der Waals surface area contributed by atoms with E-state index in [1.165, 1.54) is 6.08 Å². The smallest absolute Gasteiger partial charge is 0.184 e. The zero-order valence-corrected chi connectivity index (χ0v) is 8.67. The van der Waals surface area contributed by atoms with Gasteiger partial charge in [-0.05, 0) is 19.9 Å². The fraction of sp³-hybridized carbons (Fsp3) is 0.700. The number of aliphatic hydroxyl groups excluding tert-OH is 1. The lowest BCUT2D eigenvalue weighted by Crippen LogP contribution is -2.55. The van der Waals surface area contributed by atoms with E-state index >= 15 is 0 Å². The molecule has 5 nitrogen and oxygen atoms in total. The number of hydrogen-bond donors (Lipinski definition) is 1. The Morgan fingerprint density at radius 3 is 3.00 bits per heavy atom. The van der Waals surface area contributed by atoms with E-state index in [0.29, 0.717) is 12.9 Å². The van der Waals surface area contributed by atoms with Crippen molar-refractivity contribution in [2.24, 2.45) is 0 Å². The van der Waals surface area contributed by atoms with Crippen LogP contribution in [-0.2, 0) is 19.0 Å². The second kappa shape index (κ2) is 3.59. The van der Waals surface area contributed by atoms with E-state index in [-0.39, 0.29) is 5.76 Å². The number of rotatable bonds is 1. The Balaban J connectivity index is 2.16. The normalized spacial score (nSPS) is 38.6. The Bertz CT molecular complexity index is 296. The molecule has 0 saturated carbocycles. The van der Waals surface area contributed by atoms with E-state index in [1.807, 2.05) is 0 Å². The van der Waals surface area contributed by atoms with Gasteiger partial charge in [0, 0.05) is 0 Å². The molecule has 0 unspecified atom stereocenters. The van der Waals surface area contributed by atoms with Gasteiger partial charge in [-0.1, -0.05) is 0 Å². The summed E-state index contributed by atoms with van der Waals surface area (Å²) in [5.41, 5.74) is 0. The minimum Gasteiger partial charge on any atom is -0.482 e. The molecule has 0 bridgehead atoms. The SMILES string of the molecule is CC1(C)OC[C@H]2OC(C=O)=C[C@@H](O)[C@@H]2O1. The van der Waals surface area contributed by atoms with Gasteiger partial charge in [0.05, 0.1) is 6.61 Å². The van der Waals surface area contributed by atoms with Crippen LogP contribution in [0, 0.1) is 0 Å². The zero-order valence-electron chi connectivity index (χ0n) is 8.67. The maximum Gasteiger partial charge on any atom is 0.184 e. The van der Waals surface area contributed by atoms with E-state index in [1.54, 1.807) is 13.8 Å². The molecule has 0 aromatic heterocycles. The first kappa shape index (κ1) is 10.6. The third-order valence-corrected chi connectivity index (χ3v) is 2.46. The average molecular weight is 214 g/mol. The van der Waals surface area contributed by atoms with Gasteiger partial charge in [0.1, 0.15) is 12.2 Å². The molecule has 2 heterocycles. The lowest BCUT2D eigenvalue weighted by atomic mass is 10.0. The Hall–Kier alpha value is -0.910. The van der Waals surface area contributed by atoms with E-state index in [4.69, 9.17) is 14.2 Å². The highest BCUT2D eigenvalue weighted by molar-refractivity contribution is 5.70. The van der Waals surface area contributed by atoms with Crippen LogP contribution in [0.15, 0.2) is 11.8 Å². The number of ether oxygens (including phenoxy) is 3. The number of carbonyl (C=O) groups excluding carboxylic acids is 1. The second-order valence-electron chi connectivity index (χ2n) is 4.13. The van der Waals surface area contributed by atoms with Crippen LogP contribution >= 0.6 is 0 Å². The first-order chi connectivity index (χ1) is 7.02. The highest BCUT2D eigenvalue weighted by Crippen LogP contribution is 2.30. The number of carbonyl (C=O) groups is 1. The van der Waals surface area contributed by atoms with Crippen molar-refractivity contribution in [3.05, 3.63) is 11.8 Å². The second-order valence-corrected chi connectivity index (χ2v) is 4.13. The van der Waals surface area contributed by atoms with E-state index in [2.05, 4.69) is 0 Å². The van der Waals surface area contributed by atoms with Crippen LogP contribution < -0.4 is 0 Å². The van der Waals surface area contributed by atoms with Crippen LogP contribution in [0.1, 0.15) is 13.8 Å². The van der Waals surface area contributed by atoms with Gasteiger partial charge in [-0.25, -0.2) is 0 Å². The standard InChI is InChI=1S/C10H14O5/c1-10(2)13-5-8-9(15-10)7(12)3-6(4-11)14-8/h3-4,7-9,12H,5H2,1-2H3/t7-,8-,9+/m1/s1. The largest absolute Gasteiger partial charge is 0.482 e. The molecule has 1 fully saturated rings. The summed E-state index contributed by atoms with van der Waals surface area (Å²) >= 11 is 0. The number of allylic oxidation sites excluding steroid dienone is 1. The minimum atomic E-state index is -0.827. The van der Waals surface area contributed by atoms with Crippen molar-refractivity contribution in [2.45, 2.75) is 37.9 Å². The van der Waals surface area contributed by atoms with Crippen molar-refractivity contribution in [1.82, 2.24) is 0 Å². The van der Waals surface area contributed by atoms with Crippen LogP contribution in [0.3, 0.4) is 0 Å². The summed E-state index contributed by atoms with van der Waals surface area (Å²) in [6.45, 7) is 3.85. The molecule has 1 N–H and O–H groups in total. The summed E-state index contributed by atoms with van der Waals surface area (Å²) < 4.78 is 16.2. The van der Waals surface area contributed by atoms with Gasteiger partial charge in [0.2, 0.25) is 0 Å². The predicted molar refractivity (Wildman–Crippen MR) is 49.9 cm³/mol. The molecule has 2 aliphatic rings. The van der Waals surface area contributed by atoms with Crippen molar-refractivity contribution in [1.29, 1.82) is 0 Å². The molecule has 5 heteroatoms. The summed E-state index contributed by atoms with van der Waals surface area (Å²) in [7, 11) is 0. The molecule has 1 saturated heterocycles. The highest BCUT2D eigenvalue weighted by atomic mass is 16.7. The average Bonchev–Trinajstić information content (AvgIpc) is 2.18. The maximum atomic E-state index is 10.5. The molecule has 0 aromatic rings. The van der Waals surface area contributed by atoms with Crippen molar-refractivity contribution < 1.29 is 24.1 Å². The van der Waals surface area contributed by atoms with Gasteiger partial charge in [-0.2, -0.15) is 0 Å². The van der Waals surface area contributed by atoms with Crippen LogP contribution in [0.2, 0.25) is 0 Å².